The summed E-state index contributed by atoms with van der Waals surface area (Å²) in [6, 6.07) is 0.582. The van der Waals surface area contributed by atoms with Crippen molar-refractivity contribution in [3.63, 3.8) is 0 Å². The zero-order valence-corrected chi connectivity index (χ0v) is 11.1. The minimum atomic E-state index is -4.61. The Morgan fingerprint density at radius 1 is 1.45 bits per heavy atom. The van der Waals surface area contributed by atoms with Gasteiger partial charge in [0.2, 0.25) is 5.91 Å². The molecule has 5 nitrogen and oxygen atoms in total. The molecule has 0 saturated heterocycles. The van der Waals surface area contributed by atoms with Crippen LogP contribution in [0, 0.1) is 0 Å². The summed E-state index contributed by atoms with van der Waals surface area (Å²) < 4.78 is 37.6. The van der Waals surface area contributed by atoms with Crippen LogP contribution < -0.4 is 16.6 Å². The zero-order chi connectivity index (χ0) is 15.6. The standard InChI is InChI=1S/C12H16F3N3O2/c1-3-4-11(2,16)10(20)18-8-5-7(12(13,14)15)6-17-9(8)19/h5-6H,3-4,16H2,1-2H3,(H,17,19)(H,18,20). The number of carbonyl (C=O) groups is 1. The van der Waals surface area contributed by atoms with Crippen molar-refractivity contribution in [2.24, 2.45) is 5.73 Å². The highest BCUT2D eigenvalue weighted by molar-refractivity contribution is 5.97. The number of nitrogens with one attached hydrogen (secondary N) is 2. The van der Waals surface area contributed by atoms with Crippen LogP contribution in [-0.4, -0.2) is 16.4 Å². The van der Waals surface area contributed by atoms with Crippen molar-refractivity contribution in [2.45, 2.75) is 38.4 Å². The second-order valence-corrected chi connectivity index (χ2v) is 4.75. The minimum absolute atomic E-state index is 0.343. The minimum Gasteiger partial charge on any atom is -0.327 e. The van der Waals surface area contributed by atoms with Crippen LogP contribution in [0.1, 0.15) is 32.3 Å². The number of pyridine rings is 1. The van der Waals surface area contributed by atoms with E-state index in [0.29, 0.717) is 25.1 Å². The number of rotatable bonds is 4. The molecule has 1 aromatic rings. The van der Waals surface area contributed by atoms with Gasteiger partial charge in [0, 0.05) is 6.20 Å². The number of nitrogens with two attached hydrogens (primary N) is 1. The van der Waals surface area contributed by atoms with Crippen molar-refractivity contribution < 1.29 is 18.0 Å². The molecule has 1 amide bonds. The second-order valence-electron chi connectivity index (χ2n) is 4.75. The number of hydrogen-bond acceptors (Lipinski definition) is 3. The highest BCUT2D eigenvalue weighted by atomic mass is 19.4. The first-order chi connectivity index (χ1) is 9.08. The number of anilines is 1. The van der Waals surface area contributed by atoms with Gasteiger partial charge in [-0.3, -0.25) is 9.59 Å². The quantitative estimate of drug-likeness (QED) is 0.791. The average molecular weight is 291 g/mol. The van der Waals surface area contributed by atoms with Crippen molar-refractivity contribution >= 4 is 11.6 Å². The largest absolute Gasteiger partial charge is 0.417 e. The van der Waals surface area contributed by atoms with Crippen LogP contribution in [0.4, 0.5) is 18.9 Å². The van der Waals surface area contributed by atoms with E-state index in [1.54, 1.807) is 0 Å². The van der Waals surface area contributed by atoms with E-state index in [1.165, 1.54) is 6.92 Å². The molecule has 1 aromatic heterocycles. The predicted molar refractivity (Wildman–Crippen MR) is 68.2 cm³/mol. The molecular formula is C12H16F3N3O2. The molecule has 0 aliphatic rings. The van der Waals surface area contributed by atoms with E-state index in [0.717, 1.165) is 0 Å². The fourth-order valence-corrected chi connectivity index (χ4v) is 1.64. The van der Waals surface area contributed by atoms with Crippen LogP contribution in [0.25, 0.3) is 0 Å². The van der Waals surface area contributed by atoms with E-state index < -0.39 is 34.4 Å². The van der Waals surface area contributed by atoms with Crippen molar-refractivity contribution in [1.29, 1.82) is 0 Å². The van der Waals surface area contributed by atoms with Gasteiger partial charge in [-0.15, -0.1) is 0 Å². The Kier molecular flexibility index (Phi) is 4.59. The zero-order valence-electron chi connectivity index (χ0n) is 11.1. The van der Waals surface area contributed by atoms with Crippen LogP contribution in [0.5, 0.6) is 0 Å². The lowest BCUT2D eigenvalue weighted by atomic mass is 9.96. The number of hydrogen-bond donors (Lipinski definition) is 3. The molecule has 0 fully saturated rings. The number of alkyl halides is 3. The molecule has 0 bridgehead atoms. The molecule has 1 rings (SSSR count). The Labute approximate surface area is 113 Å². The molecule has 1 heterocycles. The molecule has 0 aromatic carbocycles. The van der Waals surface area contributed by atoms with Gasteiger partial charge in [0.05, 0.1) is 11.1 Å². The van der Waals surface area contributed by atoms with E-state index in [1.807, 2.05) is 11.9 Å². The van der Waals surface area contributed by atoms with Crippen molar-refractivity contribution in [1.82, 2.24) is 4.98 Å². The van der Waals surface area contributed by atoms with Crippen molar-refractivity contribution in [3.8, 4) is 0 Å². The monoisotopic (exact) mass is 291 g/mol. The van der Waals surface area contributed by atoms with E-state index in [9.17, 15) is 22.8 Å². The Balaban J connectivity index is 3.04. The van der Waals surface area contributed by atoms with E-state index in [4.69, 9.17) is 5.73 Å². The van der Waals surface area contributed by atoms with Crippen LogP contribution in [0.2, 0.25) is 0 Å². The molecular weight excluding hydrogens is 275 g/mol. The fraction of sp³-hybridized carbons (Fsp3) is 0.500. The van der Waals surface area contributed by atoms with Gasteiger partial charge < -0.3 is 16.0 Å². The van der Waals surface area contributed by atoms with Crippen LogP contribution in [0.15, 0.2) is 17.1 Å². The van der Waals surface area contributed by atoms with Crippen LogP contribution in [-0.2, 0) is 11.0 Å². The first kappa shape index (κ1) is 16.2. The lowest BCUT2D eigenvalue weighted by molar-refractivity contribution is -0.137. The van der Waals surface area contributed by atoms with Gasteiger partial charge >= 0.3 is 6.18 Å². The Morgan fingerprint density at radius 3 is 2.55 bits per heavy atom. The smallest absolute Gasteiger partial charge is 0.327 e. The fourth-order valence-electron chi connectivity index (χ4n) is 1.64. The first-order valence-electron chi connectivity index (χ1n) is 5.98. The van der Waals surface area contributed by atoms with Gasteiger partial charge in [-0.1, -0.05) is 13.3 Å². The number of aromatic nitrogens is 1. The summed E-state index contributed by atoms with van der Waals surface area (Å²) in [4.78, 5) is 25.2. The molecule has 0 aliphatic heterocycles. The molecule has 0 radical (unpaired) electrons. The van der Waals surface area contributed by atoms with Gasteiger partial charge in [0.25, 0.3) is 5.56 Å². The maximum atomic E-state index is 12.5. The predicted octanol–water partition coefficient (Wildman–Crippen LogP) is 1.85. The summed E-state index contributed by atoms with van der Waals surface area (Å²) in [5.41, 5.74) is 2.14. The molecule has 0 spiro atoms. The molecule has 1 atom stereocenters. The number of aromatic amines is 1. The van der Waals surface area contributed by atoms with Gasteiger partial charge in [-0.05, 0) is 19.4 Å². The van der Waals surface area contributed by atoms with Crippen LogP contribution in [0.3, 0.4) is 0 Å². The third-order valence-electron chi connectivity index (χ3n) is 2.77. The highest BCUT2D eigenvalue weighted by Gasteiger charge is 2.32. The molecule has 8 heteroatoms. The highest BCUT2D eigenvalue weighted by Crippen LogP contribution is 2.29. The average Bonchev–Trinajstić information content (AvgIpc) is 2.30. The number of carbonyl (C=O) groups excluding carboxylic acids is 1. The SMILES string of the molecule is CCCC(C)(N)C(=O)Nc1cc(C(F)(F)F)c[nH]c1=O. The molecule has 0 saturated carbocycles. The molecule has 4 N–H and O–H groups in total. The molecule has 0 aliphatic carbocycles. The summed E-state index contributed by atoms with van der Waals surface area (Å²) in [6.45, 7) is 3.27. The first-order valence-corrected chi connectivity index (χ1v) is 5.98. The summed E-state index contributed by atoms with van der Waals surface area (Å²) in [5, 5.41) is 2.14. The summed E-state index contributed by atoms with van der Waals surface area (Å²) in [7, 11) is 0. The molecule has 1 unspecified atom stereocenters. The van der Waals surface area contributed by atoms with Gasteiger partial charge in [-0.2, -0.15) is 13.2 Å². The van der Waals surface area contributed by atoms with Crippen molar-refractivity contribution in [2.75, 3.05) is 5.32 Å². The van der Waals surface area contributed by atoms with Gasteiger partial charge in [-0.25, -0.2) is 0 Å². The summed E-state index contributed by atoms with van der Waals surface area (Å²) in [5.74, 6) is -0.704. The Morgan fingerprint density at radius 2 is 2.05 bits per heavy atom. The topological polar surface area (TPSA) is 88.0 Å². The maximum Gasteiger partial charge on any atom is 0.417 e. The van der Waals surface area contributed by atoms with Gasteiger partial charge in [0.1, 0.15) is 5.69 Å². The number of halogens is 3. The molecule has 112 valence electrons. The second kappa shape index (κ2) is 5.66. The summed E-state index contributed by atoms with van der Waals surface area (Å²) >= 11 is 0. The van der Waals surface area contributed by atoms with E-state index >= 15 is 0 Å². The normalized spacial score (nSPS) is 14.7. The van der Waals surface area contributed by atoms with E-state index in [2.05, 4.69) is 5.32 Å². The molecule has 20 heavy (non-hydrogen) atoms. The Bertz CT molecular complexity index is 550. The van der Waals surface area contributed by atoms with Crippen molar-refractivity contribution in [3.05, 3.63) is 28.2 Å². The Hall–Kier alpha value is -1.83. The number of H-pyrrole nitrogens is 1. The third-order valence-corrected chi connectivity index (χ3v) is 2.77. The van der Waals surface area contributed by atoms with E-state index in [-0.39, 0.29) is 0 Å². The lowest BCUT2D eigenvalue weighted by Gasteiger charge is -2.22. The van der Waals surface area contributed by atoms with Gasteiger partial charge in [0.15, 0.2) is 0 Å². The lowest BCUT2D eigenvalue weighted by Crippen LogP contribution is -2.48. The third kappa shape index (κ3) is 3.83. The number of amides is 1. The maximum absolute atomic E-state index is 12.5. The van der Waals surface area contributed by atoms with Crippen LogP contribution >= 0.6 is 0 Å². The summed E-state index contributed by atoms with van der Waals surface area (Å²) in [6.07, 6.45) is -3.10.